The smallest absolute Gasteiger partial charge is 0.0190 e. The monoisotopic (exact) mass is 78.0 g/mol. The molecule has 0 N–H and O–H groups in total. The molecular formula is C6H6. The minimum absolute atomic E-state index is 1.13. The highest BCUT2D eigenvalue weighted by Crippen LogP contribution is 2.24. The summed E-state index contributed by atoms with van der Waals surface area (Å²) < 4.78 is 0. The summed E-state index contributed by atoms with van der Waals surface area (Å²) in [7, 11) is 0. The molecule has 0 spiro atoms. The summed E-state index contributed by atoms with van der Waals surface area (Å²) in [5.74, 6) is 0. The summed E-state index contributed by atoms with van der Waals surface area (Å²) in [6, 6.07) is 0. The van der Waals surface area contributed by atoms with Crippen LogP contribution < -0.4 is 0 Å². The third-order valence-corrected chi connectivity index (χ3v) is 0.837. The van der Waals surface area contributed by atoms with Gasteiger partial charge in [0.1, 0.15) is 0 Å². The molecule has 0 fully saturated rings. The first-order chi connectivity index (χ1) is 2.84. The van der Waals surface area contributed by atoms with E-state index < -0.39 is 0 Å². The van der Waals surface area contributed by atoms with E-state index in [-0.39, 0.29) is 0 Å². The summed E-state index contributed by atoms with van der Waals surface area (Å²) in [6.45, 7) is 7.20. The molecule has 0 aromatic carbocycles. The van der Waals surface area contributed by atoms with Crippen LogP contribution in [0.5, 0.6) is 0 Å². The Hall–Kier alpha value is -0.780. The molecule has 0 aromatic rings. The molecule has 0 saturated heterocycles. The Balaban J connectivity index is 2.63. The lowest BCUT2D eigenvalue weighted by Crippen LogP contribution is -1.43. The highest BCUT2D eigenvalue weighted by Gasteiger charge is 2.06. The fraction of sp³-hybridized carbons (Fsp3) is 0. The lowest BCUT2D eigenvalue weighted by Gasteiger charge is -1.62. The predicted octanol–water partition coefficient (Wildman–Crippen LogP) is 1.67. The summed E-state index contributed by atoms with van der Waals surface area (Å²) >= 11 is 0. The Morgan fingerprint density at radius 1 is 1.67 bits per heavy atom. The van der Waals surface area contributed by atoms with Gasteiger partial charge in [0.15, 0.2) is 0 Å². The summed E-state index contributed by atoms with van der Waals surface area (Å²) in [5, 5.41) is 0. The van der Waals surface area contributed by atoms with E-state index in [4.69, 9.17) is 0 Å². The van der Waals surface area contributed by atoms with Crippen LogP contribution in [0.25, 0.3) is 0 Å². The second kappa shape index (κ2) is 0.839. The summed E-state index contributed by atoms with van der Waals surface area (Å²) in [5.41, 5.74) is 2.33. The minimum atomic E-state index is 1.13. The number of hydrogen-bond donors (Lipinski definition) is 0. The third-order valence-electron chi connectivity index (χ3n) is 0.837. The molecule has 30 valence electrons. The first-order valence-corrected chi connectivity index (χ1v) is 1.88. The molecule has 0 heteroatoms. The lowest BCUT2D eigenvalue weighted by molar-refractivity contribution is 1.93. The van der Waals surface area contributed by atoms with E-state index in [1.807, 2.05) is 12.2 Å². The van der Waals surface area contributed by atoms with Gasteiger partial charge in [-0.3, -0.25) is 0 Å². The van der Waals surface area contributed by atoms with E-state index in [0.29, 0.717) is 0 Å². The molecule has 0 aromatic heterocycles. The Morgan fingerprint density at radius 3 is 2.17 bits per heavy atom. The largest absolute Gasteiger partial charge is 0.0984 e. The highest BCUT2D eigenvalue weighted by molar-refractivity contribution is 5.60. The van der Waals surface area contributed by atoms with Crippen molar-refractivity contribution in [2.75, 3.05) is 0 Å². The maximum absolute atomic E-state index is 3.66. The van der Waals surface area contributed by atoms with Crippen LogP contribution in [0.3, 0.4) is 0 Å². The van der Waals surface area contributed by atoms with Crippen molar-refractivity contribution in [1.29, 1.82) is 0 Å². The SMILES string of the molecule is C=CC1=CC1=C. The van der Waals surface area contributed by atoms with Gasteiger partial charge in [-0.25, -0.2) is 0 Å². The topological polar surface area (TPSA) is 0 Å². The molecule has 1 aliphatic carbocycles. The van der Waals surface area contributed by atoms with E-state index in [1.54, 1.807) is 0 Å². The summed E-state index contributed by atoms with van der Waals surface area (Å²) in [4.78, 5) is 0. The van der Waals surface area contributed by atoms with Gasteiger partial charge < -0.3 is 0 Å². The van der Waals surface area contributed by atoms with Crippen LogP contribution in [0, 0.1) is 0 Å². The molecule has 0 radical (unpaired) electrons. The van der Waals surface area contributed by atoms with Gasteiger partial charge >= 0.3 is 0 Å². The average Bonchev–Trinajstić information content (AvgIpc) is 2.19. The van der Waals surface area contributed by atoms with Gasteiger partial charge in [-0.1, -0.05) is 19.2 Å². The van der Waals surface area contributed by atoms with Crippen molar-refractivity contribution in [2.24, 2.45) is 0 Å². The Labute approximate surface area is 37.5 Å². The van der Waals surface area contributed by atoms with Gasteiger partial charge in [-0.15, -0.1) is 0 Å². The van der Waals surface area contributed by atoms with Crippen LogP contribution in [0.4, 0.5) is 0 Å². The van der Waals surface area contributed by atoms with Crippen molar-refractivity contribution in [2.45, 2.75) is 0 Å². The zero-order valence-corrected chi connectivity index (χ0v) is 3.57. The van der Waals surface area contributed by atoms with Crippen LogP contribution >= 0.6 is 0 Å². The minimum Gasteiger partial charge on any atom is -0.0984 e. The van der Waals surface area contributed by atoms with E-state index >= 15 is 0 Å². The number of rotatable bonds is 1. The molecular weight excluding hydrogens is 72.1 g/mol. The third kappa shape index (κ3) is 0.304. The molecule has 0 atom stereocenters. The van der Waals surface area contributed by atoms with E-state index in [9.17, 15) is 0 Å². The van der Waals surface area contributed by atoms with E-state index in [0.717, 1.165) is 5.57 Å². The van der Waals surface area contributed by atoms with Crippen molar-refractivity contribution in [1.82, 2.24) is 0 Å². The second-order valence-electron chi connectivity index (χ2n) is 1.33. The van der Waals surface area contributed by atoms with Crippen LogP contribution in [0.2, 0.25) is 0 Å². The zero-order valence-electron chi connectivity index (χ0n) is 3.57. The van der Waals surface area contributed by atoms with E-state index in [1.165, 1.54) is 5.57 Å². The molecule has 0 amide bonds. The van der Waals surface area contributed by atoms with Crippen LogP contribution in [-0.2, 0) is 0 Å². The van der Waals surface area contributed by atoms with Crippen molar-refractivity contribution >= 4 is 0 Å². The molecule has 0 aliphatic heterocycles. The van der Waals surface area contributed by atoms with Crippen molar-refractivity contribution in [3.63, 3.8) is 0 Å². The van der Waals surface area contributed by atoms with Gasteiger partial charge in [-0.2, -0.15) is 0 Å². The predicted molar refractivity (Wildman–Crippen MR) is 27.4 cm³/mol. The van der Waals surface area contributed by atoms with Gasteiger partial charge in [0, 0.05) is 0 Å². The molecule has 0 bridgehead atoms. The Morgan fingerprint density at radius 2 is 2.17 bits per heavy atom. The first kappa shape index (κ1) is 3.41. The second-order valence-corrected chi connectivity index (χ2v) is 1.33. The molecule has 0 saturated carbocycles. The number of allylic oxidation sites excluding steroid dienone is 4. The van der Waals surface area contributed by atoms with Gasteiger partial charge in [0.2, 0.25) is 0 Å². The standard InChI is InChI=1S/C6H6/c1-3-6-4-5(6)2/h3-4H,1-2H2. The zero-order chi connectivity index (χ0) is 4.57. The maximum atomic E-state index is 3.66. The van der Waals surface area contributed by atoms with Crippen molar-refractivity contribution in [3.05, 3.63) is 36.5 Å². The maximum Gasteiger partial charge on any atom is -0.0190 e. The normalized spacial score (nSPS) is 16.7. The molecule has 0 heterocycles. The molecule has 1 aliphatic rings. The highest BCUT2D eigenvalue weighted by atomic mass is 14.1. The number of hydrogen-bond acceptors (Lipinski definition) is 0. The lowest BCUT2D eigenvalue weighted by atomic mass is 10.4. The fourth-order valence-electron chi connectivity index (χ4n) is 0.342. The van der Waals surface area contributed by atoms with E-state index in [2.05, 4.69) is 13.2 Å². The Kier molecular flexibility index (Phi) is 0.477. The Bertz CT molecular complexity index is 127. The summed E-state index contributed by atoms with van der Waals surface area (Å²) in [6.07, 6.45) is 3.80. The fourth-order valence-corrected chi connectivity index (χ4v) is 0.342. The van der Waals surface area contributed by atoms with Crippen LogP contribution in [0.15, 0.2) is 36.5 Å². The average molecular weight is 78.1 g/mol. The van der Waals surface area contributed by atoms with Crippen LogP contribution in [0.1, 0.15) is 0 Å². The molecule has 6 heavy (non-hydrogen) atoms. The van der Waals surface area contributed by atoms with Crippen molar-refractivity contribution < 1.29 is 0 Å². The van der Waals surface area contributed by atoms with Crippen molar-refractivity contribution in [3.8, 4) is 0 Å². The molecule has 1 rings (SSSR count). The first-order valence-electron chi connectivity index (χ1n) is 1.88. The molecule has 0 nitrogen and oxygen atoms in total. The van der Waals surface area contributed by atoms with Crippen LogP contribution in [-0.4, -0.2) is 0 Å². The molecule has 0 unspecified atom stereocenters. The van der Waals surface area contributed by atoms with Gasteiger partial charge in [0.25, 0.3) is 0 Å². The quantitative estimate of drug-likeness (QED) is 0.447. The van der Waals surface area contributed by atoms with Gasteiger partial charge in [0.05, 0.1) is 0 Å². The van der Waals surface area contributed by atoms with Gasteiger partial charge in [-0.05, 0) is 17.2 Å².